The maximum atomic E-state index is 11.6. The molecule has 5 heteroatoms. The molecule has 1 aromatic carbocycles. The molecule has 0 aliphatic carbocycles. The predicted octanol–water partition coefficient (Wildman–Crippen LogP) is 1.96. The van der Waals surface area contributed by atoms with Gasteiger partial charge >= 0.3 is 6.09 Å². The molecular formula is C14H18N2O3. The molecule has 5 nitrogen and oxygen atoms in total. The van der Waals surface area contributed by atoms with Gasteiger partial charge in [0, 0.05) is 5.56 Å². The van der Waals surface area contributed by atoms with Crippen LogP contribution in [0.3, 0.4) is 0 Å². The molecule has 0 bridgehead atoms. The minimum atomic E-state index is -0.530. The standard InChI is InChI=1S/C14H18N2O3/c1-10(2)19-14(17)16-12-9-11(5-4-8-15)6-7-13(12)18-3/h6-7,9-10H,8,15H2,1-3H3,(H,16,17). The van der Waals surface area contributed by atoms with E-state index in [9.17, 15) is 4.79 Å². The lowest BCUT2D eigenvalue weighted by Gasteiger charge is -2.12. The summed E-state index contributed by atoms with van der Waals surface area (Å²) in [6.07, 6.45) is -0.719. The number of carbonyl (C=O) groups excluding carboxylic acids is 1. The number of methoxy groups -OCH3 is 1. The molecule has 3 N–H and O–H groups in total. The lowest BCUT2D eigenvalue weighted by molar-refractivity contribution is 0.130. The number of carbonyl (C=O) groups is 1. The summed E-state index contributed by atoms with van der Waals surface area (Å²) < 4.78 is 10.2. The van der Waals surface area contributed by atoms with Gasteiger partial charge in [-0.25, -0.2) is 4.79 Å². The molecule has 0 atom stereocenters. The van der Waals surface area contributed by atoms with Gasteiger partial charge in [0.25, 0.3) is 0 Å². The van der Waals surface area contributed by atoms with Crippen molar-refractivity contribution >= 4 is 11.8 Å². The Balaban J connectivity index is 2.92. The third-order valence-electron chi connectivity index (χ3n) is 2.11. The normalized spacial score (nSPS) is 9.53. The predicted molar refractivity (Wildman–Crippen MR) is 74.2 cm³/mol. The van der Waals surface area contributed by atoms with Crippen LogP contribution in [-0.2, 0) is 4.74 Å². The van der Waals surface area contributed by atoms with E-state index >= 15 is 0 Å². The van der Waals surface area contributed by atoms with Crippen molar-refractivity contribution in [2.45, 2.75) is 20.0 Å². The van der Waals surface area contributed by atoms with Gasteiger partial charge in [0.1, 0.15) is 5.75 Å². The summed E-state index contributed by atoms with van der Waals surface area (Å²) >= 11 is 0. The fraction of sp³-hybridized carbons (Fsp3) is 0.357. The van der Waals surface area contributed by atoms with E-state index in [4.69, 9.17) is 15.2 Å². The molecule has 1 aromatic rings. The number of ether oxygens (including phenoxy) is 2. The van der Waals surface area contributed by atoms with Crippen LogP contribution in [0.25, 0.3) is 0 Å². The van der Waals surface area contributed by atoms with Gasteiger partial charge in [-0.15, -0.1) is 0 Å². The van der Waals surface area contributed by atoms with Crippen LogP contribution in [0.1, 0.15) is 19.4 Å². The number of benzene rings is 1. The zero-order chi connectivity index (χ0) is 14.3. The van der Waals surface area contributed by atoms with Crippen LogP contribution in [0.15, 0.2) is 18.2 Å². The van der Waals surface area contributed by atoms with Crippen molar-refractivity contribution in [3.63, 3.8) is 0 Å². The highest BCUT2D eigenvalue weighted by atomic mass is 16.6. The molecule has 0 fully saturated rings. The Morgan fingerprint density at radius 3 is 2.79 bits per heavy atom. The van der Waals surface area contributed by atoms with Gasteiger partial charge in [-0.3, -0.25) is 5.32 Å². The Labute approximate surface area is 113 Å². The number of hydrogen-bond donors (Lipinski definition) is 2. The van der Waals surface area contributed by atoms with Crippen LogP contribution in [0, 0.1) is 11.8 Å². The minimum absolute atomic E-state index is 0.189. The molecule has 1 rings (SSSR count). The van der Waals surface area contributed by atoms with Crippen molar-refractivity contribution in [1.82, 2.24) is 0 Å². The van der Waals surface area contributed by atoms with Gasteiger partial charge in [0.2, 0.25) is 0 Å². The Bertz CT molecular complexity index is 501. The number of nitrogens with one attached hydrogen (secondary N) is 1. The molecule has 0 spiro atoms. The van der Waals surface area contributed by atoms with Crippen molar-refractivity contribution in [2.24, 2.45) is 5.73 Å². The Morgan fingerprint density at radius 1 is 1.47 bits per heavy atom. The number of nitrogens with two attached hydrogens (primary N) is 1. The second kappa shape index (κ2) is 7.29. The van der Waals surface area contributed by atoms with Crippen molar-refractivity contribution in [1.29, 1.82) is 0 Å². The number of amides is 1. The molecule has 1 amide bonds. The molecule has 0 aliphatic heterocycles. The highest BCUT2D eigenvalue weighted by Crippen LogP contribution is 2.25. The van der Waals surface area contributed by atoms with Crippen molar-refractivity contribution < 1.29 is 14.3 Å². The maximum absolute atomic E-state index is 11.6. The summed E-state index contributed by atoms with van der Waals surface area (Å²) in [5.41, 5.74) is 6.57. The topological polar surface area (TPSA) is 73.6 Å². The molecule has 19 heavy (non-hydrogen) atoms. The highest BCUT2D eigenvalue weighted by molar-refractivity contribution is 5.87. The first-order chi connectivity index (χ1) is 9.06. The molecule has 0 aliphatic rings. The first-order valence-corrected chi connectivity index (χ1v) is 5.91. The first-order valence-electron chi connectivity index (χ1n) is 5.91. The highest BCUT2D eigenvalue weighted by Gasteiger charge is 2.10. The Morgan fingerprint density at radius 2 is 2.21 bits per heavy atom. The van der Waals surface area contributed by atoms with E-state index in [1.807, 2.05) is 0 Å². The number of anilines is 1. The average Bonchev–Trinajstić information content (AvgIpc) is 2.35. The summed E-state index contributed by atoms with van der Waals surface area (Å²) in [6, 6.07) is 5.23. The quantitative estimate of drug-likeness (QED) is 0.817. The molecule has 0 saturated heterocycles. The van der Waals surface area contributed by atoms with Crippen LogP contribution in [0.4, 0.5) is 10.5 Å². The van der Waals surface area contributed by atoms with E-state index in [0.717, 1.165) is 5.56 Å². The van der Waals surface area contributed by atoms with Gasteiger partial charge in [-0.05, 0) is 32.0 Å². The van der Waals surface area contributed by atoms with E-state index < -0.39 is 6.09 Å². The first kappa shape index (κ1) is 14.9. The molecule has 0 saturated carbocycles. The summed E-state index contributed by atoms with van der Waals surface area (Å²) in [6.45, 7) is 3.84. The van der Waals surface area contributed by atoms with E-state index in [2.05, 4.69) is 17.2 Å². The molecule has 102 valence electrons. The Hall–Kier alpha value is -2.19. The van der Waals surface area contributed by atoms with Gasteiger partial charge in [0.15, 0.2) is 0 Å². The van der Waals surface area contributed by atoms with Crippen LogP contribution in [-0.4, -0.2) is 25.9 Å². The lowest BCUT2D eigenvalue weighted by Crippen LogP contribution is -2.18. The zero-order valence-electron chi connectivity index (χ0n) is 11.3. The second-order valence-corrected chi connectivity index (χ2v) is 4.00. The largest absolute Gasteiger partial charge is 0.495 e. The van der Waals surface area contributed by atoms with Crippen molar-refractivity contribution in [3.05, 3.63) is 23.8 Å². The number of rotatable bonds is 3. The fourth-order valence-electron chi connectivity index (χ4n) is 1.39. The molecule has 0 radical (unpaired) electrons. The minimum Gasteiger partial charge on any atom is -0.495 e. The average molecular weight is 262 g/mol. The Kier molecular flexibility index (Phi) is 5.71. The van der Waals surface area contributed by atoms with Crippen LogP contribution >= 0.6 is 0 Å². The van der Waals surface area contributed by atoms with Crippen LogP contribution in [0.5, 0.6) is 5.75 Å². The van der Waals surface area contributed by atoms with Gasteiger partial charge < -0.3 is 15.2 Å². The summed E-state index contributed by atoms with van der Waals surface area (Å²) in [5.74, 6) is 6.18. The third-order valence-corrected chi connectivity index (χ3v) is 2.11. The smallest absolute Gasteiger partial charge is 0.411 e. The summed E-state index contributed by atoms with van der Waals surface area (Å²) in [5, 5.41) is 2.62. The second-order valence-electron chi connectivity index (χ2n) is 4.00. The SMILES string of the molecule is COc1ccc(C#CCN)cc1NC(=O)OC(C)C. The fourth-order valence-corrected chi connectivity index (χ4v) is 1.39. The van der Waals surface area contributed by atoms with E-state index in [-0.39, 0.29) is 12.6 Å². The van der Waals surface area contributed by atoms with Crippen LogP contribution < -0.4 is 15.8 Å². The maximum Gasteiger partial charge on any atom is 0.411 e. The van der Waals surface area contributed by atoms with Crippen molar-refractivity contribution in [2.75, 3.05) is 19.0 Å². The molecule has 0 unspecified atom stereocenters. The summed E-state index contributed by atoms with van der Waals surface area (Å²) in [4.78, 5) is 11.6. The zero-order valence-corrected chi connectivity index (χ0v) is 11.3. The van der Waals surface area contributed by atoms with E-state index in [0.29, 0.717) is 11.4 Å². The van der Waals surface area contributed by atoms with Crippen molar-refractivity contribution in [3.8, 4) is 17.6 Å². The van der Waals surface area contributed by atoms with E-state index in [1.165, 1.54) is 7.11 Å². The third kappa shape index (κ3) is 4.90. The lowest BCUT2D eigenvalue weighted by atomic mass is 10.2. The summed E-state index contributed by atoms with van der Waals surface area (Å²) in [7, 11) is 1.53. The molecular weight excluding hydrogens is 244 g/mol. The van der Waals surface area contributed by atoms with Gasteiger partial charge in [-0.2, -0.15) is 0 Å². The monoisotopic (exact) mass is 262 g/mol. The number of hydrogen-bond acceptors (Lipinski definition) is 4. The van der Waals surface area contributed by atoms with Crippen LogP contribution in [0.2, 0.25) is 0 Å². The molecule has 0 aromatic heterocycles. The van der Waals surface area contributed by atoms with Gasteiger partial charge in [-0.1, -0.05) is 11.8 Å². The van der Waals surface area contributed by atoms with Gasteiger partial charge in [0.05, 0.1) is 25.4 Å². The van der Waals surface area contributed by atoms with E-state index in [1.54, 1.807) is 32.0 Å². The molecule has 0 heterocycles.